The third kappa shape index (κ3) is 2.45. The zero-order valence-corrected chi connectivity index (χ0v) is 12.5. The highest BCUT2D eigenvalue weighted by Gasteiger charge is 2.13. The lowest BCUT2D eigenvalue weighted by Gasteiger charge is -2.05. The number of imidazole rings is 1. The average Bonchev–Trinajstić information content (AvgIpc) is 3.02. The summed E-state index contributed by atoms with van der Waals surface area (Å²) >= 11 is 6.41. The Morgan fingerprint density at radius 2 is 2.19 bits per heavy atom. The maximum absolute atomic E-state index is 13.3. The molecule has 0 aliphatic rings. The molecule has 0 amide bonds. The van der Waals surface area contributed by atoms with Gasteiger partial charge in [-0.1, -0.05) is 11.6 Å². The summed E-state index contributed by atoms with van der Waals surface area (Å²) in [6, 6.07) is 6.43. The first-order chi connectivity index (χ1) is 10.1. The van der Waals surface area contributed by atoms with E-state index in [2.05, 4.69) is 10.1 Å². The van der Waals surface area contributed by atoms with Gasteiger partial charge in [0.2, 0.25) is 0 Å². The third-order valence-corrected chi connectivity index (χ3v) is 3.65. The van der Waals surface area contributed by atoms with Crippen LogP contribution in [0.25, 0.3) is 22.1 Å². The second kappa shape index (κ2) is 5.33. The van der Waals surface area contributed by atoms with Crippen molar-refractivity contribution in [2.45, 2.75) is 13.5 Å². The third-order valence-electron chi connectivity index (χ3n) is 3.37. The van der Waals surface area contributed by atoms with Gasteiger partial charge in [-0.2, -0.15) is 5.10 Å². The van der Waals surface area contributed by atoms with Crippen LogP contribution < -0.4 is 0 Å². The molecule has 0 unspecified atom stereocenters. The van der Waals surface area contributed by atoms with Gasteiger partial charge in [-0.15, -0.1) is 0 Å². The molecule has 3 aromatic rings. The molecular weight excluding hydrogens is 291 g/mol. The SMILES string of the molecule is CCn1c(/C(Cl)=C/c2ccnn2C)nc2cc(F)ccc21. The first-order valence-electron chi connectivity index (χ1n) is 6.61. The van der Waals surface area contributed by atoms with Crippen LogP contribution in [0.5, 0.6) is 0 Å². The summed E-state index contributed by atoms with van der Waals surface area (Å²) in [4.78, 5) is 4.45. The molecule has 0 aliphatic heterocycles. The average molecular weight is 305 g/mol. The molecule has 6 heteroatoms. The van der Waals surface area contributed by atoms with Gasteiger partial charge in [0.05, 0.1) is 21.8 Å². The Kier molecular flexibility index (Phi) is 3.51. The van der Waals surface area contributed by atoms with E-state index in [1.165, 1.54) is 12.1 Å². The molecule has 0 fully saturated rings. The van der Waals surface area contributed by atoms with E-state index in [-0.39, 0.29) is 5.82 Å². The Morgan fingerprint density at radius 3 is 2.86 bits per heavy atom. The number of nitrogens with zero attached hydrogens (tertiary/aromatic N) is 4. The maximum Gasteiger partial charge on any atom is 0.152 e. The van der Waals surface area contributed by atoms with Crippen LogP contribution in [0.3, 0.4) is 0 Å². The normalized spacial score (nSPS) is 12.3. The van der Waals surface area contributed by atoms with E-state index in [0.717, 1.165) is 11.2 Å². The molecule has 0 spiro atoms. The van der Waals surface area contributed by atoms with E-state index >= 15 is 0 Å². The van der Waals surface area contributed by atoms with Crippen LogP contribution >= 0.6 is 11.6 Å². The van der Waals surface area contributed by atoms with Crippen molar-refractivity contribution >= 4 is 33.7 Å². The molecule has 0 aliphatic carbocycles. The number of benzene rings is 1. The highest BCUT2D eigenvalue weighted by atomic mass is 35.5. The van der Waals surface area contributed by atoms with Crippen LogP contribution in [0, 0.1) is 5.82 Å². The van der Waals surface area contributed by atoms with E-state index in [9.17, 15) is 4.39 Å². The molecule has 0 N–H and O–H groups in total. The van der Waals surface area contributed by atoms with Gasteiger partial charge in [-0.3, -0.25) is 4.68 Å². The predicted molar refractivity (Wildman–Crippen MR) is 82.3 cm³/mol. The van der Waals surface area contributed by atoms with Crippen LogP contribution in [0.4, 0.5) is 4.39 Å². The smallest absolute Gasteiger partial charge is 0.152 e. The molecule has 2 heterocycles. The fraction of sp³-hybridized carbons (Fsp3) is 0.200. The second-order valence-electron chi connectivity index (χ2n) is 4.68. The van der Waals surface area contributed by atoms with Gasteiger partial charge >= 0.3 is 0 Å². The highest BCUT2D eigenvalue weighted by molar-refractivity contribution is 6.50. The van der Waals surface area contributed by atoms with Crippen LogP contribution in [0.2, 0.25) is 0 Å². The summed E-state index contributed by atoms with van der Waals surface area (Å²) in [7, 11) is 1.84. The Morgan fingerprint density at radius 1 is 1.38 bits per heavy atom. The van der Waals surface area contributed by atoms with Gasteiger partial charge in [0.1, 0.15) is 5.82 Å². The fourth-order valence-corrected chi connectivity index (χ4v) is 2.58. The Bertz CT molecular complexity index is 831. The number of aromatic nitrogens is 4. The molecule has 2 aromatic heterocycles. The van der Waals surface area contributed by atoms with Gasteiger partial charge in [-0.05, 0) is 31.2 Å². The number of aryl methyl sites for hydroxylation is 2. The lowest BCUT2D eigenvalue weighted by atomic mass is 10.3. The first-order valence-corrected chi connectivity index (χ1v) is 6.99. The summed E-state index contributed by atoms with van der Waals surface area (Å²) in [5.41, 5.74) is 2.34. The lowest BCUT2D eigenvalue weighted by Crippen LogP contribution is -1.99. The number of fused-ring (bicyclic) bond motifs is 1. The maximum atomic E-state index is 13.3. The summed E-state index contributed by atoms with van der Waals surface area (Å²) in [5.74, 6) is 0.322. The number of rotatable bonds is 3. The quantitative estimate of drug-likeness (QED) is 0.740. The zero-order chi connectivity index (χ0) is 15.0. The number of halogens is 2. The number of hydrogen-bond donors (Lipinski definition) is 0. The molecule has 0 radical (unpaired) electrons. The van der Waals surface area contributed by atoms with Crippen molar-refractivity contribution in [1.82, 2.24) is 19.3 Å². The van der Waals surface area contributed by atoms with E-state index < -0.39 is 0 Å². The van der Waals surface area contributed by atoms with Gasteiger partial charge in [0, 0.05) is 25.9 Å². The molecule has 21 heavy (non-hydrogen) atoms. The summed E-state index contributed by atoms with van der Waals surface area (Å²) in [6.07, 6.45) is 3.51. The standard InChI is InChI=1S/C15H14ClFN4/c1-3-21-14-5-4-10(17)8-13(14)19-15(21)12(16)9-11-6-7-18-20(11)2/h4-9H,3H2,1-2H3/b12-9-. The van der Waals surface area contributed by atoms with Crippen LogP contribution in [0.15, 0.2) is 30.5 Å². The van der Waals surface area contributed by atoms with Crippen molar-refractivity contribution in [2.75, 3.05) is 0 Å². The van der Waals surface area contributed by atoms with Crippen LogP contribution in [-0.4, -0.2) is 19.3 Å². The minimum absolute atomic E-state index is 0.304. The molecule has 1 aromatic carbocycles. The highest BCUT2D eigenvalue weighted by Crippen LogP contribution is 2.26. The van der Waals surface area contributed by atoms with Crippen LogP contribution in [-0.2, 0) is 13.6 Å². The minimum Gasteiger partial charge on any atom is -0.324 e. The van der Waals surface area contributed by atoms with E-state index in [1.807, 2.05) is 24.6 Å². The van der Waals surface area contributed by atoms with Gasteiger partial charge in [0.25, 0.3) is 0 Å². The fourth-order valence-electron chi connectivity index (χ4n) is 2.33. The van der Waals surface area contributed by atoms with E-state index in [1.54, 1.807) is 23.0 Å². The summed E-state index contributed by atoms with van der Waals surface area (Å²) in [5, 5.41) is 4.59. The first kappa shape index (κ1) is 13.8. The van der Waals surface area contributed by atoms with Crippen molar-refractivity contribution in [3.8, 4) is 0 Å². The van der Waals surface area contributed by atoms with Gasteiger partial charge in [0.15, 0.2) is 5.82 Å². The van der Waals surface area contributed by atoms with E-state index in [4.69, 9.17) is 11.6 Å². The molecule has 4 nitrogen and oxygen atoms in total. The molecular formula is C15H14ClFN4. The molecule has 0 saturated carbocycles. The van der Waals surface area contributed by atoms with Crippen molar-refractivity contribution in [1.29, 1.82) is 0 Å². The summed E-state index contributed by atoms with van der Waals surface area (Å²) < 4.78 is 17.0. The van der Waals surface area contributed by atoms with Crippen LogP contribution in [0.1, 0.15) is 18.4 Å². The molecule has 0 bridgehead atoms. The zero-order valence-electron chi connectivity index (χ0n) is 11.7. The Balaban J connectivity index is 2.15. The van der Waals surface area contributed by atoms with E-state index in [0.29, 0.717) is 22.9 Å². The molecule has 0 atom stereocenters. The lowest BCUT2D eigenvalue weighted by molar-refractivity contribution is 0.629. The number of hydrogen-bond acceptors (Lipinski definition) is 2. The Labute approximate surface area is 126 Å². The predicted octanol–water partition coefficient (Wildman–Crippen LogP) is 3.67. The largest absolute Gasteiger partial charge is 0.324 e. The van der Waals surface area contributed by atoms with Crippen molar-refractivity contribution in [3.05, 3.63) is 47.8 Å². The monoisotopic (exact) mass is 304 g/mol. The molecule has 0 saturated heterocycles. The minimum atomic E-state index is -0.304. The summed E-state index contributed by atoms with van der Waals surface area (Å²) in [6.45, 7) is 2.70. The second-order valence-corrected chi connectivity index (χ2v) is 5.09. The van der Waals surface area contributed by atoms with Gasteiger partial charge in [-0.25, -0.2) is 9.37 Å². The Hall–Kier alpha value is -2.14. The van der Waals surface area contributed by atoms with Crippen molar-refractivity contribution < 1.29 is 4.39 Å². The molecule has 108 valence electrons. The molecule has 3 rings (SSSR count). The van der Waals surface area contributed by atoms with Crippen molar-refractivity contribution in [2.24, 2.45) is 7.05 Å². The van der Waals surface area contributed by atoms with Gasteiger partial charge < -0.3 is 4.57 Å². The topological polar surface area (TPSA) is 35.6 Å². The van der Waals surface area contributed by atoms with Crippen molar-refractivity contribution in [3.63, 3.8) is 0 Å².